The van der Waals surface area contributed by atoms with E-state index in [4.69, 9.17) is 0 Å². The third-order valence-corrected chi connectivity index (χ3v) is 7.14. The lowest BCUT2D eigenvalue weighted by Crippen LogP contribution is -2.29. The van der Waals surface area contributed by atoms with Gasteiger partial charge < -0.3 is 15.6 Å². The zero-order valence-corrected chi connectivity index (χ0v) is 19.2. The van der Waals surface area contributed by atoms with E-state index >= 15 is 0 Å². The minimum Gasteiger partial charge on any atom is -0.502 e. The highest BCUT2D eigenvalue weighted by Crippen LogP contribution is 2.45. The van der Waals surface area contributed by atoms with Crippen LogP contribution in [-0.2, 0) is 5.75 Å². The highest BCUT2D eigenvalue weighted by Gasteiger charge is 2.30. The number of hydrogen-bond acceptors (Lipinski definition) is 5. The lowest BCUT2D eigenvalue weighted by Gasteiger charge is -2.26. The van der Waals surface area contributed by atoms with Crippen LogP contribution in [0.3, 0.4) is 0 Å². The van der Waals surface area contributed by atoms with E-state index in [0.717, 1.165) is 28.6 Å². The summed E-state index contributed by atoms with van der Waals surface area (Å²) in [5.74, 6) is -4.91. The zero-order valence-electron chi connectivity index (χ0n) is 18.3. The SMILES string of the molecule is O=C(O)c1c(O)c(=O)ccn1NC1c2ccc(F)c(F)c2CSc2c(-c3ccc(F)cc3)cccc21. The van der Waals surface area contributed by atoms with Crippen molar-refractivity contribution >= 4 is 17.7 Å². The number of thioether (sulfide) groups is 1. The predicted octanol–water partition coefficient (Wildman–Crippen LogP) is 5.28. The molecule has 36 heavy (non-hydrogen) atoms. The first-order chi connectivity index (χ1) is 17.3. The highest BCUT2D eigenvalue weighted by atomic mass is 32.2. The smallest absolute Gasteiger partial charge is 0.358 e. The monoisotopic (exact) mass is 510 g/mol. The molecule has 4 aromatic rings. The van der Waals surface area contributed by atoms with Gasteiger partial charge in [0, 0.05) is 28.5 Å². The van der Waals surface area contributed by atoms with Crippen LogP contribution in [0.25, 0.3) is 11.1 Å². The maximum absolute atomic E-state index is 15.0. The number of nitrogens with zero attached hydrogens (tertiary/aromatic N) is 1. The fourth-order valence-electron chi connectivity index (χ4n) is 4.25. The van der Waals surface area contributed by atoms with Gasteiger partial charge in [0.25, 0.3) is 0 Å². The Balaban J connectivity index is 1.74. The van der Waals surface area contributed by atoms with E-state index in [-0.39, 0.29) is 11.3 Å². The first-order valence-electron chi connectivity index (χ1n) is 10.7. The molecule has 3 N–H and O–H groups in total. The van der Waals surface area contributed by atoms with Gasteiger partial charge in [-0.1, -0.05) is 36.4 Å². The molecule has 0 saturated carbocycles. The first-order valence-corrected chi connectivity index (χ1v) is 11.7. The Bertz CT molecular complexity index is 1570. The van der Waals surface area contributed by atoms with Gasteiger partial charge >= 0.3 is 5.97 Å². The molecule has 1 aliphatic rings. The number of fused-ring (bicyclic) bond motifs is 2. The van der Waals surface area contributed by atoms with Crippen LogP contribution in [0.2, 0.25) is 0 Å². The quantitative estimate of drug-likeness (QED) is 0.346. The number of hydrogen-bond donors (Lipinski definition) is 3. The fourth-order valence-corrected chi connectivity index (χ4v) is 5.53. The highest BCUT2D eigenvalue weighted by molar-refractivity contribution is 7.98. The molecule has 2 heterocycles. The van der Waals surface area contributed by atoms with Gasteiger partial charge in [-0.05, 0) is 40.5 Å². The van der Waals surface area contributed by atoms with Gasteiger partial charge in [-0.3, -0.25) is 9.47 Å². The van der Waals surface area contributed by atoms with Crippen molar-refractivity contribution in [2.45, 2.75) is 16.7 Å². The lowest BCUT2D eigenvalue weighted by atomic mass is 9.92. The predicted molar refractivity (Wildman–Crippen MR) is 128 cm³/mol. The summed E-state index contributed by atoms with van der Waals surface area (Å²) in [6, 6.07) is 13.7. The van der Waals surface area contributed by atoms with Crippen LogP contribution < -0.4 is 10.9 Å². The van der Waals surface area contributed by atoms with Crippen molar-refractivity contribution < 1.29 is 28.2 Å². The minimum atomic E-state index is -1.56. The molecule has 1 unspecified atom stereocenters. The number of aromatic carboxylic acids is 1. The molecular formula is C26H17F3N2O4S. The van der Waals surface area contributed by atoms with Gasteiger partial charge in [0.15, 0.2) is 23.1 Å². The number of halogens is 3. The lowest BCUT2D eigenvalue weighted by molar-refractivity contribution is 0.0681. The average Bonchev–Trinajstić information content (AvgIpc) is 3.01. The van der Waals surface area contributed by atoms with Crippen molar-refractivity contribution in [3.05, 3.63) is 117 Å². The van der Waals surface area contributed by atoms with Crippen LogP contribution in [0.5, 0.6) is 5.75 Å². The molecule has 5 rings (SSSR count). The molecule has 0 fully saturated rings. The summed E-state index contributed by atoms with van der Waals surface area (Å²) in [6.45, 7) is 0. The van der Waals surface area contributed by atoms with Crippen LogP contribution in [-0.4, -0.2) is 20.9 Å². The maximum Gasteiger partial charge on any atom is 0.358 e. The van der Waals surface area contributed by atoms with Gasteiger partial charge in [-0.25, -0.2) is 18.0 Å². The number of aromatic hydroxyl groups is 1. The Labute approximate surface area is 206 Å². The molecular weight excluding hydrogens is 493 g/mol. The summed E-state index contributed by atoms with van der Waals surface area (Å²) in [4.78, 5) is 24.4. The Hall–Kier alpha value is -4.18. The number of carboxylic acid groups (broad SMARTS) is 1. The first kappa shape index (κ1) is 23.6. The molecule has 6 nitrogen and oxygen atoms in total. The van der Waals surface area contributed by atoms with E-state index in [1.807, 2.05) is 6.07 Å². The number of pyridine rings is 1. The van der Waals surface area contributed by atoms with Crippen molar-refractivity contribution in [3.63, 3.8) is 0 Å². The molecule has 1 atom stereocenters. The molecule has 1 aromatic heterocycles. The summed E-state index contributed by atoms with van der Waals surface area (Å²) >= 11 is 1.27. The zero-order chi connectivity index (χ0) is 25.6. The van der Waals surface area contributed by atoms with Gasteiger partial charge in [0.1, 0.15) is 5.82 Å². The number of nitrogens with one attached hydrogen (secondary N) is 1. The number of benzene rings is 3. The second-order valence-corrected chi connectivity index (χ2v) is 9.05. The van der Waals surface area contributed by atoms with E-state index in [1.165, 1.54) is 30.0 Å². The van der Waals surface area contributed by atoms with Crippen LogP contribution >= 0.6 is 11.8 Å². The van der Waals surface area contributed by atoms with Crippen molar-refractivity contribution in [2.75, 3.05) is 5.43 Å². The van der Waals surface area contributed by atoms with E-state index < -0.39 is 46.3 Å². The Kier molecular flexibility index (Phi) is 5.97. The summed E-state index contributed by atoms with van der Waals surface area (Å²) in [6.07, 6.45) is 1.15. The number of rotatable bonds is 4. The van der Waals surface area contributed by atoms with Crippen LogP contribution in [0.4, 0.5) is 13.2 Å². The third kappa shape index (κ3) is 3.99. The summed E-state index contributed by atoms with van der Waals surface area (Å²) < 4.78 is 43.7. The molecule has 0 saturated heterocycles. The molecule has 0 aliphatic carbocycles. The van der Waals surface area contributed by atoms with Gasteiger partial charge in [-0.15, -0.1) is 11.8 Å². The van der Waals surface area contributed by atoms with Crippen molar-refractivity contribution in [2.24, 2.45) is 0 Å². The molecule has 1 aliphatic heterocycles. The summed E-state index contributed by atoms with van der Waals surface area (Å²) in [5, 5.41) is 19.8. The minimum absolute atomic E-state index is 0.0729. The Morgan fingerprint density at radius 2 is 1.75 bits per heavy atom. The van der Waals surface area contributed by atoms with E-state index in [2.05, 4.69) is 5.43 Å². The van der Waals surface area contributed by atoms with Crippen molar-refractivity contribution in [1.82, 2.24) is 4.68 Å². The molecule has 0 radical (unpaired) electrons. The average molecular weight is 510 g/mol. The van der Waals surface area contributed by atoms with E-state index in [0.29, 0.717) is 21.6 Å². The topological polar surface area (TPSA) is 91.6 Å². The number of carbonyl (C=O) groups is 1. The maximum atomic E-state index is 15.0. The summed E-state index contributed by atoms with van der Waals surface area (Å²) in [7, 11) is 0. The Morgan fingerprint density at radius 1 is 1.00 bits per heavy atom. The number of aromatic nitrogens is 1. The second-order valence-electron chi connectivity index (χ2n) is 8.06. The van der Waals surface area contributed by atoms with Crippen LogP contribution in [0, 0.1) is 17.5 Å². The van der Waals surface area contributed by atoms with Crippen molar-refractivity contribution in [3.8, 4) is 16.9 Å². The molecule has 10 heteroatoms. The van der Waals surface area contributed by atoms with Gasteiger partial charge in [0.2, 0.25) is 5.43 Å². The van der Waals surface area contributed by atoms with Gasteiger partial charge in [0.05, 0.1) is 6.04 Å². The standard InChI is InChI=1S/C26H17F3N2O4S/c27-14-6-4-13(5-7-14)15-2-1-3-17-22(30-31-11-10-20(32)24(33)23(31)26(34)35)16-8-9-19(28)21(29)18(16)12-36-25(15)17/h1-11,22,30,33H,12H2,(H,34,35). The second kappa shape index (κ2) is 9.12. The van der Waals surface area contributed by atoms with Gasteiger partial charge in [-0.2, -0.15) is 0 Å². The third-order valence-electron chi connectivity index (χ3n) is 5.96. The normalized spacial score (nSPS) is 14.5. The molecule has 182 valence electrons. The Morgan fingerprint density at radius 3 is 2.47 bits per heavy atom. The van der Waals surface area contributed by atoms with Crippen molar-refractivity contribution in [1.29, 1.82) is 0 Å². The molecule has 3 aromatic carbocycles. The van der Waals surface area contributed by atoms with E-state index in [1.54, 1.807) is 24.3 Å². The summed E-state index contributed by atoms with van der Waals surface area (Å²) in [5.41, 5.74) is 3.84. The largest absolute Gasteiger partial charge is 0.502 e. The van der Waals surface area contributed by atoms with Crippen LogP contribution in [0.1, 0.15) is 33.2 Å². The molecule has 0 bridgehead atoms. The fraction of sp³-hybridized carbons (Fsp3) is 0.0769. The van der Waals surface area contributed by atoms with Crippen LogP contribution in [0.15, 0.2) is 76.6 Å². The molecule has 0 amide bonds. The van der Waals surface area contributed by atoms with E-state index in [9.17, 15) is 33.0 Å². The molecule has 0 spiro atoms. The number of carboxylic acids is 1.